The third-order valence-corrected chi connectivity index (χ3v) is 5.13. The van der Waals surface area contributed by atoms with Crippen molar-refractivity contribution in [3.8, 4) is 0 Å². The summed E-state index contributed by atoms with van der Waals surface area (Å²) in [7, 11) is 0. The van der Waals surface area contributed by atoms with E-state index in [2.05, 4.69) is 45.9 Å². The number of ether oxygens (including phenoxy) is 1. The molecule has 1 saturated heterocycles. The van der Waals surface area contributed by atoms with Crippen LogP contribution in [0.2, 0.25) is 0 Å². The first-order chi connectivity index (χ1) is 10.5. The predicted octanol–water partition coefficient (Wildman–Crippen LogP) is 5.21. The van der Waals surface area contributed by atoms with Gasteiger partial charge in [-0.3, -0.25) is 0 Å². The van der Waals surface area contributed by atoms with Crippen LogP contribution >= 0.6 is 0 Å². The number of carbonyl (C=O) groups is 1. The molecule has 0 bridgehead atoms. The van der Waals surface area contributed by atoms with E-state index >= 15 is 0 Å². The van der Waals surface area contributed by atoms with Crippen molar-refractivity contribution in [2.24, 2.45) is 17.8 Å². The number of allylic oxidation sites excluding steroid dienone is 5. The largest absolute Gasteiger partial charge is 0.462 e. The van der Waals surface area contributed by atoms with Crippen molar-refractivity contribution in [2.75, 3.05) is 6.61 Å². The number of hydrogen-bond donors (Lipinski definition) is 0. The zero-order valence-electron chi connectivity index (χ0n) is 14.5. The molecule has 0 N–H and O–H groups in total. The summed E-state index contributed by atoms with van der Waals surface area (Å²) >= 11 is 0. The fourth-order valence-corrected chi connectivity index (χ4v) is 3.69. The van der Waals surface area contributed by atoms with Crippen molar-refractivity contribution in [2.45, 2.75) is 59.8 Å². The quantitative estimate of drug-likeness (QED) is 0.526. The van der Waals surface area contributed by atoms with Gasteiger partial charge in [0.05, 0.1) is 6.61 Å². The average Bonchev–Trinajstić information content (AvgIpc) is 2.83. The van der Waals surface area contributed by atoms with Gasteiger partial charge in [0.1, 0.15) is 0 Å². The highest BCUT2D eigenvalue weighted by Crippen LogP contribution is 2.39. The molecule has 1 heterocycles. The highest BCUT2D eigenvalue weighted by molar-refractivity contribution is 5.91. The minimum absolute atomic E-state index is 0.0838. The van der Waals surface area contributed by atoms with Crippen molar-refractivity contribution in [1.29, 1.82) is 0 Å². The molecule has 2 heteroatoms. The van der Waals surface area contributed by atoms with Gasteiger partial charge in [-0.2, -0.15) is 0 Å². The van der Waals surface area contributed by atoms with Gasteiger partial charge in [0.15, 0.2) is 0 Å². The Kier molecular flexibility index (Phi) is 6.05. The molecule has 22 heavy (non-hydrogen) atoms. The van der Waals surface area contributed by atoms with Gasteiger partial charge in [-0.1, -0.05) is 36.3 Å². The molecule has 1 aliphatic heterocycles. The van der Waals surface area contributed by atoms with Crippen LogP contribution in [0, 0.1) is 17.8 Å². The molecule has 0 aromatic rings. The lowest BCUT2D eigenvalue weighted by molar-refractivity contribution is -0.135. The van der Waals surface area contributed by atoms with Gasteiger partial charge in [-0.05, 0) is 64.7 Å². The van der Waals surface area contributed by atoms with Gasteiger partial charge in [-0.15, -0.1) is 0 Å². The summed E-state index contributed by atoms with van der Waals surface area (Å²) in [5.74, 6) is 1.38. The number of fused-ring (bicyclic) bond motifs is 1. The van der Waals surface area contributed by atoms with E-state index in [0.717, 1.165) is 31.3 Å². The number of rotatable bonds is 4. The molecule has 1 fully saturated rings. The van der Waals surface area contributed by atoms with Crippen LogP contribution in [-0.2, 0) is 9.53 Å². The number of cyclic esters (lactones) is 1. The van der Waals surface area contributed by atoms with Gasteiger partial charge in [0.2, 0.25) is 0 Å². The van der Waals surface area contributed by atoms with Crippen molar-refractivity contribution in [3.63, 3.8) is 0 Å². The molecule has 0 spiro atoms. The molecule has 2 rings (SSSR count). The summed E-state index contributed by atoms with van der Waals surface area (Å²) in [6.45, 7) is 9.46. The molecule has 0 amide bonds. The van der Waals surface area contributed by atoms with Crippen molar-refractivity contribution >= 4 is 5.97 Å². The summed E-state index contributed by atoms with van der Waals surface area (Å²) in [6, 6.07) is 0. The SMILES string of the molecule is CC(C)=CCC[C@@H](C)[C@@H]1CC/C(C)=C/C/C=C2\C(=O)OC[C@H]21. The van der Waals surface area contributed by atoms with E-state index in [1.54, 1.807) is 0 Å². The second-order valence-corrected chi connectivity index (χ2v) is 7.19. The Labute approximate surface area is 135 Å². The first-order valence-electron chi connectivity index (χ1n) is 8.65. The highest BCUT2D eigenvalue weighted by atomic mass is 16.5. The summed E-state index contributed by atoms with van der Waals surface area (Å²) in [6.07, 6.45) is 12.2. The topological polar surface area (TPSA) is 26.3 Å². The molecule has 0 radical (unpaired) electrons. The van der Waals surface area contributed by atoms with E-state index in [4.69, 9.17) is 4.74 Å². The lowest BCUT2D eigenvalue weighted by atomic mass is 9.75. The van der Waals surface area contributed by atoms with Crippen LogP contribution in [0.15, 0.2) is 34.9 Å². The van der Waals surface area contributed by atoms with Gasteiger partial charge < -0.3 is 4.74 Å². The minimum Gasteiger partial charge on any atom is -0.462 e. The van der Waals surface area contributed by atoms with E-state index in [9.17, 15) is 4.79 Å². The lowest BCUT2D eigenvalue weighted by Gasteiger charge is -2.28. The van der Waals surface area contributed by atoms with Gasteiger partial charge in [0.25, 0.3) is 0 Å². The maximum Gasteiger partial charge on any atom is 0.334 e. The zero-order valence-corrected chi connectivity index (χ0v) is 14.5. The molecular weight excluding hydrogens is 272 g/mol. The summed E-state index contributed by atoms with van der Waals surface area (Å²) in [5.41, 5.74) is 3.78. The van der Waals surface area contributed by atoms with Crippen LogP contribution in [0.3, 0.4) is 0 Å². The van der Waals surface area contributed by atoms with E-state index in [1.165, 1.54) is 17.6 Å². The smallest absolute Gasteiger partial charge is 0.334 e. The molecule has 122 valence electrons. The van der Waals surface area contributed by atoms with Crippen LogP contribution in [0.4, 0.5) is 0 Å². The maximum atomic E-state index is 12.0. The zero-order chi connectivity index (χ0) is 16.1. The Balaban J connectivity index is 2.13. The molecule has 0 unspecified atom stereocenters. The molecule has 0 aromatic carbocycles. The Bertz CT molecular complexity index is 492. The van der Waals surface area contributed by atoms with Crippen LogP contribution in [0.1, 0.15) is 59.8 Å². The average molecular weight is 302 g/mol. The summed E-state index contributed by atoms with van der Waals surface area (Å²) in [4.78, 5) is 12.0. The predicted molar refractivity (Wildman–Crippen MR) is 91.5 cm³/mol. The Morgan fingerprint density at radius 3 is 2.91 bits per heavy atom. The van der Waals surface area contributed by atoms with Crippen LogP contribution < -0.4 is 0 Å². The minimum atomic E-state index is -0.0838. The molecule has 0 saturated carbocycles. The summed E-state index contributed by atoms with van der Waals surface area (Å²) < 4.78 is 5.36. The first-order valence-corrected chi connectivity index (χ1v) is 8.65. The lowest BCUT2D eigenvalue weighted by Crippen LogP contribution is -2.24. The van der Waals surface area contributed by atoms with E-state index in [1.807, 2.05) is 0 Å². The normalized spacial score (nSPS) is 31.4. The fraction of sp³-hybridized carbons (Fsp3) is 0.650. The molecule has 1 aliphatic carbocycles. The first kappa shape index (κ1) is 17.1. The number of hydrogen-bond acceptors (Lipinski definition) is 2. The van der Waals surface area contributed by atoms with Crippen LogP contribution in [0.25, 0.3) is 0 Å². The maximum absolute atomic E-state index is 12.0. The monoisotopic (exact) mass is 302 g/mol. The third-order valence-electron chi connectivity index (χ3n) is 5.13. The van der Waals surface area contributed by atoms with E-state index in [0.29, 0.717) is 24.4 Å². The van der Waals surface area contributed by atoms with Crippen LogP contribution in [0.5, 0.6) is 0 Å². The molecular formula is C20H30O2. The molecule has 2 aliphatic rings. The second-order valence-electron chi connectivity index (χ2n) is 7.19. The Hall–Kier alpha value is -1.31. The summed E-state index contributed by atoms with van der Waals surface area (Å²) in [5, 5.41) is 0. The number of esters is 1. The van der Waals surface area contributed by atoms with Crippen molar-refractivity contribution < 1.29 is 9.53 Å². The molecule has 0 aromatic heterocycles. The third kappa shape index (κ3) is 4.34. The highest BCUT2D eigenvalue weighted by Gasteiger charge is 2.38. The Morgan fingerprint density at radius 2 is 2.18 bits per heavy atom. The Morgan fingerprint density at radius 1 is 1.41 bits per heavy atom. The van der Waals surface area contributed by atoms with Crippen LogP contribution in [-0.4, -0.2) is 12.6 Å². The molecule has 3 atom stereocenters. The standard InChI is InChI=1S/C20H30O2/c1-14(2)7-5-9-16(4)17-12-11-15(3)8-6-10-18-19(17)13-22-20(18)21/h7-8,10,16-17,19H,5-6,9,11-13H2,1-4H3/b15-8+,18-10-/t16-,17+,19+/m1/s1. The number of carbonyl (C=O) groups excluding carboxylic acids is 1. The second kappa shape index (κ2) is 7.80. The van der Waals surface area contributed by atoms with Crippen molar-refractivity contribution in [3.05, 3.63) is 34.9 Å². The van der Waals surface area contributed by atoms with E-state index in [-0.39, 0.29) is 5.97 Å². The van der Waals surface area contributed by atoms with Gasteiger partial charge in [0, 0.05) is 11.5 Å². The van der Waals surface area contributed by atoms with Gasteiger partial charge >= 0.3 is 5.97 Å². The van der Waals surface area contributed by atoms with Crippen molar-refractivity contribution in [1.82, 2.24) is 0 Å². The van der Waals surface area contributed by atoms with E-state index < -0.39 is 0 Å². The fourth-order valence-electron chi connectivity index (χ4n) is 3.69. The van der Waals surface area contributed by atoms with Gasteiger partial charge in [-0.25, -0.2) is 4.79 Å². The molecule has 2 nitrogen and oxygen atoms in total.